The molecule has 1 amide bonds. The van der Waals surface area contributed by atoms with Crippen LogP contribution in [0.15, 0.2) is 71.6 Å². The average molecular weight is 447 g/mol. The molecule has 156 valence electrons. The smallest absolute Gasteiger partial charge is 0.261 e. The number of sulfonamides is 1. The van der Waals surface area contributed by atoms with E-state index in [4.69, 9.17) is 11.6 Å². The number of nitrogens with zero attached hydrogens (tertiary/aromatic N) is 1. The predicted octanol–water partition coefficient (Wildman–Crippen LogP) is 4.86. The minimum atomic E-state index is -3.79. The van der Waals surface area contributed by atoms with Gasteiger partial charge in [-0.1, -0.05) is 23.7 Å². The zero-order valence-corrected chi connectivity index (χ0v) is 18.0. The lowest BCUT2D eigenvalue weighted by Gasteiger charge is -2.18. The number of halogens is 2. The van der Waals surface area contributed by atoms with Gasteiger partial charge in [0.25, 0.3) is 15.9 Å². The molecule has 0 saturated heterocycles. The molecule has 0 aliphatic carbocycles. The molecule has 0 spiro atoms. The van der Waals surface area contributed by atoms with E-state index in [-0.39, 0.29) is 23.2 Å². The summed E-state index contributed by atoms with van der Waals surface area (Å²) in [4.78, 5) is 14.3. The number of anilines is 1. The average Bonchev–Trinajstić information content (AvgIpc) is 2.69. The molecule has 0 fully saturated rings. The number of carbonyl (C=O) groups is 1. The van der Waals surface area contributed by atoms with Crippen LogP contribution in [-0.2, 0) is 16.6 Å². The highest BCUT2D eigenvalue weighted by atomic mass is 35.5. The Hall–Kier alpha value is -2.90. The Bertz CT molecular complexity index is 1180. The van der Waals surface area contributed by atoms with Crippen LogP contribution in [0, 0.1) is 12.7 Å². The summed E-state index contributed by atoms with van der Waals surface area (Å²) in [5.74, 6) is -0.615. The second-order valence-electron chi connectivity index (χ2n) is 6.88. The highest BCUT2D eigenvalue weighted by Gasteiger charge is 2.17. The van der Waals surface area contributed by atoms with Gasteiger partial charge in [-0.2, -0.15) is 0 Å². The maximum Gasteiger partial charge on any atom is 0.261 e. The van der Waals surface area contributed by atoms with Crippen LogP contribution in [0.1, 0.15) is 21.5 Å². The van der Waals surface area contributed by atoms with Gasteiger partial charge in [0.1, 0.15) is 5.82 Å². The van der Waals surface area contributed by atoms with E-state index < -0.39 is 10.0 Å². The quantitative estimate of drug-likeness (QED) is 0.588. The van der Waals surface area contributed by atoms with Crippen LogP contribution >= 0.6 is 11.6 Å². The highest BCUT2D eigenvalue weighted by Crippen LogP contribution is 2.23. The zero-order chi connectivity index (χ0) is 21.9. The Kier molecular flexibility index (Phi) is 6.43. The molecule has 0 atom stereocenters. The van der Waals surface area contributed by atoms with Gasteiger partial charge in [-0.05, 0) is 72.6 Å². The molecule has 0 aliphatic rings. The Morgan fingerprint density at radius 1 is 1.07 bits per heavy atom. The monoisotopic (exact) mass is 446 g/mol. The first-order valence-corrected chi connectivity index (χ1v) is 10.9. The van der Waals surface area contributed by atoms with E-state index in [9.17, 15) is 17.6 Å². The lowest BCUT2D eigenvalue weighted by atomic mass is 10.1. The first-order chi connectivity index (χ1) is 14.2. The van der Waals surface area contributed by atoms with E-state index >= 15 is 0 Å². The van der Waals surface area contributed by atoms with Crippen molar-refractivity contribution in [3.05, 3.63) is 94.3 Å². The highest BCUT2D eigenvalue weighted by molar-refractivity contribution is 7.92. The molecule has 0 unspecified atom stereocenters. The Balaban J connectivity index is 1.75. The third kappa shape index (κ3) is 5.17. The van der Waals surface area contributed by atoms with Crippen molar-refractivity contribution in [2.45, 2.75) is 18.4 Å². The standard InChI is InChI=1S/C22H20ClFN2O3S/c1-15-12-17(22(27)26(2)14-16-4-3-5-19(24)13-16)6-11-21(15)25-30(28,29)20-9-7-18(23)8-10-20/h3-13,25H,14H2,1-2H3. The summed E-state index contributed by atoms with van der Waals surface area (Å²) in [5, 5.41) is 0.440. The molecule has 1 N–H and O–H groups in total. The number of amides is 1. The van der Waals surface area contributed by atoms with Crippen molar-refractivity contribution < 1.29 is 17.6 Å². The second-order valence-corrected chi connectivity index (χ2v) is 9.00. The van der Waals surface area contributed by atoms with Crippen LogP contribution in [0.5, 0.6) is 0 Å². The molecule has 3 aromatic carbocycles. The summed E-state index contributed by atoms with van der Waals surface area (Å²) >= 11 is 5.81. The Morgan fingerprint density at radius 2 is 1.77 bits per heavy atom. The van der Waals surface area contributed by atoms with Crippen molar-refractivity contribution in [2.75, 3.05) is 11.8 Å². The van der Waals surface area contributed by atoms with Crippen molar-refractivity contribution >= 4 is 33.2 Å². The van der Waals surface area contributed by atoms with Crippen molar-refractivity contribution in [3.8, 4) is 0 Å². The van der Waals surface area contributed by atoms with Crippen LogP contribution in [0.2, 0.25) is 5.02 Å². The maximum absolute atomic E-state index is 13.4. The third-order valence-electron chi connectivity index (χ3n) is 4.50. The number of aryl methyl sites for hydroxylation is 1. The number of hydrogen-bond acceptors (Lipinski definition) is 3. The van der Waals surface area contributed by atoms with E-state index in [1.807, 2.05) is 0 Å². The first-order valence-electron chi connectivity index (χ1n) is 9.05. The third-order valence-corrected chi connectivity index (χ3v) is 6.13. The predicted molar refractivity (Wildman–Crippen MR) is 116 cm³/mol. The lowest BCUT2D eigenvalue weighted by Crippen LogP contribution is -2.26. The number of carbonyl (C=O) groups excluding carboxylic acids is 1. The van der Waals surface area contributed by atoms with Gasteiger partial charge in [0.05, 0.1) is 10.6 Å². The number of nitrogens with one attached hydrogen (secondary N) is 1. The van der Waals surface area contributed by atoms with Crippen LogP contribution in [0.3, 0.4) is 0 Å². The molecule has 0 radical (unpaired) electrons. The van der Waals surface area contributed by atoms with E-state index in [0.29, 0.717) is 27.4 Å². The molecule has 3 rings (SSSR count). The zero-order valence-electron chi connectivity index (χ0n) is 16.4. The van der Waals surface area contributed by atoms with Gasteiger partial charge >= 0.3 is 0 Å². The van der Waals surface area contributed by atoms with Crippen LogP contribution in [-0.4, -0.2) is 26.3 Å². The van der Waals surface area contributed by atoms with Gasteiger partial charge in [0.2, 0.25) is 0 Å². The van der Waals surface area contributed by atoms with Gasteiger partial charge in [-0.3, -0.25) is 9.52 Å². The molecule has 5 nitrogen and oxygen atoms in total. The summed E-state index contributed by atoms with van der Waals surface area (Å²) in [6.45, 7) is 1.96. The number of hydrogen-bond donors (Lipinski definition) is 1. The van der Waals surface area contributed by atoms with Crippen LogP contribution in [0.25, 0.3) is 0 Å². The van der Waals surface area contributed by atoms with Crippen molar-refractivity contribution in [3.63, 3.8) is 0 Å². The second kappa shape index (κ2) is 8.85. The molecular weight excluding hydrogens is 427 g/mol. The summed E-state index contributed by atoms with van der Waals surface area (Å²) in [7, 11) is -2.16. The molecule has 3 aromatic rings. The van der Waals surface area contributed by atoms with Crippen LogP contribution < -0.4 is 4.72 Å². The van der Waals surface area contributed by atoms with Gasteiger partial charge in [0.15, 0.2) is 0 Å². The molecule has 0 saturated carbocycles. The molecule has 0 bridgehead atoms. The van der Waals surface area contributed by atoms with E-state index in [2.05, 4.69) is 4.72 Å². The van der Waals surface area contributed by atoms with Gasteiger partial charge in [-0.25, -0.2) is 12.8 Å². The van der Waals surface area contributed by atoms with Crippen LogP contribution in [0.4, 0.5) is 10.1 Å². The summed E-state index contributed by atoms with van der Waals surface area (Å²) in [5.41, 5.74) is 2.04. The minimum Gasteiger partial charge on any atom is -0.337 e. The van der Waals surface area contributed by atoms with Crippen molar-refractivity contribution in [1.82, 2.24) is 4.90 Å². The maximum atomic E-state index is 13.4. The minimum absolute atomic E-state index is 0.0845. The fraction of sp³-hybridized carbons (Fsp3) is 0.136. The lowest BCUT2D eigenvalue weighted by molar-refractivity contribution is 0.0785. The fourth-order valence-electron chi connectivity index (χ4n) is 2.93. The first kappa shape index (κ1) is 21.8. The Labute approximate surface area is 180 Å². The summed E-state index contributed by atoms with van der Waals surface area (Å²) in [6.07, 6.45) is 0. The Morgan fingerprint density at radius 3 is 2.40 bits per heavy atom. The SMILES string of the molecule is Cc1cc(C(=O)N(C)Cc2cccc(F)c2)ccc1NS(=O)(=O)c1ccc(Cl)cc1. The normalized spacial score (nSPS) is 11.2. The topological polar surface area (TPSA) is 66.5 Å². The summed E-state index contributed by atoms with van der Waals surface area (Å²) < 4.78 is 41.0. The number of rotatable bonds is 6. The molecule has 0 aromatic heterocycles. The summed E-state index contributed by atoms with van der Waals surface area (Å²) in [6, 6.07) is 16.6. The van der Waals surface area contributed by atoms with Crippen molar-refractivity contribution in [1.29, 1.82) is 0 Å². The van der Waals surface area contributed by atoms with Gasteiger partial charge in [-0.15, -0.1) is 0 Å². The van der Waals surface area contributed by atoms with E-state index in [1.54, 1.807) is 44.3 Å². The molecule has 30 heavy (non-hydrogen) atoms. The molecular formula is C22H20ClFN2O3S. The number of benzene rings is 3. The molecule has 0 aliphatic heterocycles. The van der Waals surface area contributed by atoms with E-state index in [0.717, 1.165) is 0 Å². The largest absolute Gasteiger partial charge is 0.337 e. The fourth-order valence-corrected chi connectivity index (χ4v) is 4.19. The van der Waals surface area contributed by atoms with Gasteiger partial charge in [0, 0.05) is 24.2 Å². The molecule has 0 heterocycles. The van der Waals surface area contributed by atoms with Crippen molar-refractivity contribution in [2.24, 2.45) is 0 Å². The van der Waals surface area contributed by atoms with E-state index in [1.165, 1.54) is 41.3 Å². The van der Waals surface area contributed by atoms with Gasteiger partial charge < -0.3 is 4.90 Å². The molecule has 8 heteroatoms.